The maximum absolute atomic E-state index is 10.0. The van der Waals surface area contributed by atoms with Crippen molar-refractivity contribution in [1.82, 2.24) is 4.98 Å². The molecular formula is C15H15NO3. The van der Waals surface area contributed by atoms with E-state index in [1.807, 2.05) is 20.8 Å². The van der Waals surface area contributed by atoms with Gasteiger partial charge in [-0.3, -0.25) is 0 Å². The second-order valence-corrected chi connectivity index (χ2v) is 5.71. The number of hydrogen-bond donors (Lipinski definition) is 2. The Labute approximate surface area is 110 Å². The fourth-order valence-corrected chi connectivity index (χ4v) is 2.13. The van der Waals surface area contributed by atoms with Crippen LogP contribution in [0.25, 0.3) is 21.9 Å². The molecule has 3 aromatic rings. The lowest BCUT2D eigenvalue weighted by Gasteiger charge is -2.11. The normalized spacial score (nSPS) is 12.4. The van der Waals surface area contributed by atoms with Crippen molar-refractivity contribution >= 4 is 21.9 Å². The molecular weight excluding hydrogens is 242 g/mol. The molecule has 1 aromatic heterocycles. The highest BCUT2D eigenvalue weighted by Crippen LogP contribution is 2.39. The quantitative estimate of drug-likeness (QED) is 0.644. The third-order valence-electron chi connectivity index (χ3n) is 3.11. The van der Waals surface area contributed by atoms with E-state index in [2.05, 4.69) is 4.98 Å². The summed E-state index contributed by atoms with van der Waals surface area (Å²) in [6, 6.07) is 6.56. The number of phenolic OH excluding ortho intramolecular Hbond substituents is 2. The van der Waals surface area contributed by atoms with Crippen molar-refractivity contribution in [2.45, 2.75) is 26.2 Å². The summed E-state index contributed by atoms with van der Waals surface area (Å²) in [4.78, 5) is 4.40. The Bertz CT molecular complexity index is 781. The molecule has 0 amide bonds. The Balaban J connectivity index is 2.49. The topological polar surface area (TPSA) is 66.5 Å². The van der Waals surface area contributed by atoms with Crippen molar-refractivity contribution in [3.8, 4) is 11.5 Å². The van der Waals surface area contributed by atoms with Crippen LogP contribution >= 0.6 is 0 Å². The Morgan fingerprint density at radius 3 is 2.53 bits per heavy atom. The highest BCUT2D eigenvalue weighted by atomic mass is 16.4. The van der Waals surface area contributed by atoms with Gasteiger partial charge in [0.15, 0.2) is 5.58 Å². The molecule has 0 aliphatic carbocycles. The van der Waals surface area contributed by atoms with Crippen LogP contribution < -0.4 is 0 Å². The predicted octanol–water partition coefficient (Wildman–Crippen LogP) is 3.69. The molecule has 0 unspecified atom stereocenters. The average molecular weight is 257 g/mol. The SMILES string of the molecule is CC(C)(C)c1nc2cc(O)c3cccc(O)c3c2o1. The molecule has 0 spiro atoms. The molecule has 0 saturated carbocycles. The second kappa shape index (κ2) is 3.63. The standard InChI is InChI=1S/C15H15NO3/c1-15(2,3)14-16-9-7-11(18)8-5-4-6-10(17)12(8)13(9)19-14/h4-7,17-18H,1-3H3. The molecule has 98 valence electrons. The van der Waals surface area contributed by atoms with Gasteiger partial charge in [-0.1, -0.05) is 32.9 Å². The summed E-state index contributed by atoms with van der Waals surface area (Å²) in [6.07, 6.45) is 0. The van der Waals surface area contributed by atoms with Gasteiger partial charge >= 0.3 is 0 Å². The molecule has 2 aromatic carbocycles. The maximum Gasteiger partial charge on any atom is 0.200 e. The van der Waals surface area contributed by atoms with E-state index in [0.717, 1.165) is 0 Å². The van der Waals surface area contributed by atoms with E-state index < -0.39 is 0 Å². The number of nitrogens with zero attached hydrogens (tertiary/aromatic N) is 1. The zero-order chi connectivity index (χ0) is 13.8. The summed E-state index contributed by atoms with van der Waals surface area (Å²) in [5.41, 5.74) is 0.831. The molecule has 0 saturated heterocycles. The van der Waals surface area contributed by atoms with Crippen molar-refractivity contribution in [2.75, 3.05) is 0 Å². The summed E-state index contributed by atoms with van der Waals surface area (Å²) >= 11 is 0. The first-order valence-electron chi connectivity index (χ1n) is 6.12. The Kier molecular flexibility index (Phi) is 2.26. The van der Waals surface area contributed by atoms with Crippen molar-refractivity contribution in [3.05, 3.63) is 30.2 Å². The minimum Gasteiger partial charge on any atom is -0.507 e. The van der Waals surface area contributed by atoms with Crippen molar-refractivity contribution in [2.24, 2.45) is 0 Å². The van der Waals surface area contributed by atoms with Gasteiger partial charge in [-0.25, -0.2) is 4.98 Å². The van der Waals surface area contributed by atoms with Gasteiger partial charge in [-0.15, -0.1) is 0 Å². The van der Waals surface area contributed by atoms with Crippen LogP contribution in [0.15, 0.2) is 28.7 Å². The fourth-order valence-electron chi connectivity index (χ4n) is 2.13. The molecule has 2 N–H and O–H groups in total. The smallest absolute Gasteiger partial charge is 0.200 e. The zero-order valence-electron chi connectivity index (χ0n) is 11.1. The lowest BCUT2D eigenvalue weighted by molar-refractivity contribution is 0.411. The molecule has 1 heterocycles. The van der Waals surface area contributed by atoms with Crippen LogP contribution in [-0.4, -0.2) is 15.2 Å². The van der Waals surface area contributed by atoms with E-state index in [9.17, 15) is 10.2 Å². The van der Waals surface area contributed by atoms with Crippen LogP contribution in [0.3, 0.4) is 0 Å². The Hall–Kier alpha value is -2.23. The van der Waals surface area contributed by atoms with E-state index in [0.29, 0.717) is 27.8 Å². The van der Waals surface area contributed by atoms with E-state index in [-0.39, 0.29) is 16.9 Å². The van der Waals surface area contributed by atoms with Crippen molar-refractivity contribution in [3.63, 3.8) is 0 Å². The molecule has 4 nitrogen and oxygen atoms in total. The third-order valence-corrected chi connectivity index (χ3v) is 3.11. The van der Waals surface area contributed by atoms with Crippen LogP contribution in [0.2, 0.25) is 0 Å². The molecule has 3 rings (SSSR count). The minimum atomic E-state index is -0.231. The van der Waals surface area contributed by atoms with Crippen LogP contribution in [-0.2, 0) is 5.41 Å². The first-order chi connectivity index (χ1) is 8.88. The maximum atomic E-state index is 10.0. The molecule has 4 heteroatoms. The lowest BCUT2D eigenvalue weighted by atomic mass is 9.97. The van der Waals surface area contributed by atoms with E-state index in [1.165, 1.54) is 0 Å². The molecule has 19 heavy (non-hydrogen) atoms. The van der Waals surface area contributed by atoms with Crippen LogP contribution in [0.4, 0.5) is 0 Å². The summed E-state index contributed by atoms with van der Waals surface area (Å²) in [6.45, 7) is 6.00. The van der Waals surface area contributed by atoms with E-state index in [4.69, 9.17) is 4.42 Å². The Morgan fingerprint density at radius 2 is 1.84 bits per heavy atom. The highest BCUT2D eigenvalue weighted by molar-refractivity contribution is 6.09. The number of benzene rings is 2. The molecule has 0 atom stereocenters. The van der Waals surface area contributed by atoms with Gasteiger partial charge in [0.2, 0.25) is 5.89 Å². The van der Waals surface area contributed by atoms with Gasteiger partial charge in [-0.2, -0.15) is 0 Å². The Morgan fingerprint density at radius 1 is 1.11 bits per heavy atom. The van der Waals surface area contributed by atoms with Crippen molar-refractivity contribution in [1.29, 1.82) is 0 Å². The fraction of sp³-hybridized carbons (Fsp3) is 0.267. The lowest BCUT2D eigenvalue weighted by Crippen LogP contribution is -2.10. The van der Waals surface area contributed by atoms with Gasteiger partial charge in [-0.05, 0) is 6.07 Å². The summed E-state index contributed by atoms with van der Waals surface area (Å²) in [7, 11) is 0. The van der Waals surface area contributed by atoms with Crippen LogP contribution in [0.5, 0.6) is 11.5 Å². The minimum absolute atomic E-state index is 0.0787. The number of fused-ring (bicyclic) bond motifs is 3. The number of rotatable bonds is 0. The zero-order valence-corrected chi connectivity index (χ0v) is 11.1. The molecule has 0 radical (unpaired) electrons. The van der Waals surface area contributed by atoms with Crippen molar-refractivity contribution < 1.29 is 14.6 Å². The van der Waals surface area contributed by atoms with Gasteiger partial charge in [0.25, 0.3) is 0 Å². The first kappa shape index (κ1) is 11.8. The van der Waals surface area contributed by atoms with Gasteiger partial charge in [0, 0.05) is 16.9 Å². The van der Waals surface area contributed by atoms with Gasteiger partial charge < -0.3 is 14.6 Å². The summed E-state index contributed by atoms with van der Waals surface area (Å²) in [5, 5.41) is 21.1. The van der Waals surface area contributed by atoms with Gasteiger partial charge in [0.05, 0.1) is 5.39 Å². The monoisotopic (exact) mass is 257 g/mol. The number of oxazole rings is 1. The second-order valence-electron chi connectivity index (χ2n) is 5.71. The molecule has 0 bridgehead atoms. The summed E-state index contributed by atoms with van der Waals surface area (Å²) in [5.74, 6) is 0.750. The molecule has 0 aliphatic heterocycles. The number of aromatic hydroxyl groups is 2. The van der Waals surface area contributed by atoms with Gasteiger partial charge in [0.1, 0.15) is 17.0 Å². The highest BCUT2D eigenvalue weighted by Gasteiger charge is 2.23. The summed E-state index contributed by atoms with van der Waals surface area (Å²) < 4.78 is 5.80. The van der Waals surface area contributed by atoms with E-state index >= 15 is 0 Å². The van der Waals surface area contributed by atoms with Crippen LogP contribution in [0, 0.1) is 0 Å². The van der Waals surface area contributed by atoms with E-state index in [1.54, 1.807) is 24.3 Å². The molecule has 0 fully saturated rings. The third kappa shape index (κ3) is 1.71. The van der Waals surface area contributed by atoms with Crippen LogP contribution in [0.1, 0.15) is 26.7 Å². The average Bonchev–Trinajstić information content (AvgIpc) is 2.72. The number of hydrogen-bond acceptors (Lipinski definition) is 4. The number of aromatic nitrogens is 1. The molecule has 0 aliphatic rings. The largest absolute Gasteiger partial charge is 0.507 e. The first-order valence-corrected chi connectivity index (χ1v) is 6.12. The number of phenols is 2. The predicted molar refractivity (Wildman–Crippen MR) is 73.5 cm³/mol.